The summed E-state index contributed by atoms with van der Waals surface area (Å²) in [7, 11) is -0.439. The van der Waals surface area contributed by atoms with E-state index in [0.717, 1.165) is 0 Å². The zero-order chi connectivity index (χ0) is 12.7. The van der Waals surface area contributed by atoms with Gasteiger partial charge in [-0.25, -0.2) is 0 Å². The Balaban J connectivity index is 5.26. The Morgan fingerprint density at radius 1 is 1.00 bits per heavy atom. The van der Waals surface area contributed by atoms with E-state index in [1.54, 1.807) is 0 Å². The Bertz CT molecular complexity index is 201. The molecule has 0 spiro atoms. The first kappa shape index (κ1) is 15.7. The summed E-state index contributed by atoms with van der Waals surface area (Å²) in [4.78, 5) is 0. The fourth-order valence-electron chi connectivity index (χ4n) is 2.43. The molecule has 0 aliphatic rings. The highest BCUT2D eigenvalue weighted by atomic mass is 35.6. The van der Waals surface area contributed by atoms with Crippen molar-refractivity contribution in [2.75, 3.05) is 0 Å². The Morgan fingerprint density at radius 2 is 1.33 bits per heavy atom. The van der Waals surface area contributed by atoms with E-state index < -0.39 is 7.38 Å². The second-order valence-electron chi connectivity index (χ2n) is 7.79. The number of rotatable bonds is 3. The van der Waals surface area contributed by atoms with Crippen molar-refractivity contribution in [3.63, 3.8) is 0 Å². The van der Waals surface area contributed by atoms with Crippen LogP contribution in [0.5, 0.6) is 0 Å². The van der Waals surface area contributed by atoms with Gasteiger partial charge in [-0.1, -0.05) is 54.6 Å². The number of hydrogen-bond acceptors (Lipinski definition) is 0. The van der Waals surface area contributed by atoms with Gasteiger partial charge in [-0.15, -0.1) is 0 Å². The second kappa shape index (κ2) is 4.19. The lowest BCUT2D eigenvalue weighted by molar-refractivity contribution is 0.275. The summed E-state index contributed by atoms with van der Waals surface area (Å²) >= 11 is 6.79. The number of hydrogen-bond donors (Lipinski definition) is 0. The van der Waals surface area contributed by atoms with E-state index in [1.165, 1.54) is 16.7 Å². The molecule has 0 saturated carbocycles. The van der Waals surface area contributed by atoms with Crippen LogP contribution >= 0.6 is 11.1 Å². The first-order valence-electron chi connectivity index (χ1n) is 5.90. The quantitative estimate of drug-likeness (QED) is 0.530. The van der Waals surface area contributed by atoms with Crippen LogP contribution in [0.25, 0.3) is 0 Å². The highest BCUT2D eigenvalue weighted by molar-refractivity contribution is 7.20. The molecule has 0 aromatic rings. The molecule has 0 amide bonds. The van der Waals surface area contributed by atoms with Crippen LogP contribution in [-0.2, 0) is 0 Å². The third-order valence-corrected chi connectivity index (χ3v) is 10.3. The van der Waals surface area contributed by atoms with Gasteiger partial charge in [0, 0.05) is 10.2 Å². The minimum atomic E-state index is -1.65. The molecule has 0 saturated heterocycles. The van der Waals surface area contributed by atoms with Crippen molar-refractivity contribution >= 4 is 28.7 Å². The van der Waals surface area contributed by atoms with Gasteiger partial charge in [0.15, 0.2) is 7.38 Å². The maximum absolute atomic E-state index is 6.79. The lowest BCUT2D eigenvalue weighted by atomic mass is 9.79. The van der Waals surface area contributed by atoms with Gasteiger partial charge in [0.1, 0.15) is 0 Å². The standard InChI is InChI=1S/C12H29ClSi2/c1-10(2,3)9-12(6,11(4,5)14)15(7,8)13/h9H2,1-8,14H3. The average Bonchev–Trinajstić information content (AvgIpc) is 1.77. The minimum absolute atomic E-state index is 0.325. The molecule has 92 valence electrons. The summed E-state index contributed by atoms with van der Waals surface area (Å²) in [6.45, 7) is 18.8. The van der Waals surface area contributed by atoms with E-state index in [4.69, 9.17) is 11.1 Å². The highest BCUT2D eigenvalue weighted by Crippen LogP contribution is 2.62. The summed E-state index contributed by atoms with van der Waals surface area (Å²) in [5.41, 5.74) is 0.371. The third-order valence-electron chi connectivity index (χ3n) is 3.85. The Labute approximate surface area is 105 Å². The fraction of sp³-hybridized carbons (Fsp3) is 1.00. The van der Waals surface area contributed by atoms with Crippen molar-refractivity contribution in [3.8, 4) is 0 Å². The molecule has 0 heterocycles. The monoisotopic (exact) mass is 264 g/mol. The van der Waals surface area contributed by atoms with Crippen molar-refractivity contribution in [2.24, 2.45) is 5.41 Å². The molecule has 0 aromatic heterocycles. The molecular weight excluding hydrogens is 236 g/mol. The van der Waals surface area contributed by atoms with Gasteiger partial charge in [0.25, 0.3) is 0 Å². The van der Waals surface area contributed by atoms with Gasteiger partial charge in [0.05, 0.1) is 0 Å². The molecule has 1 unspecified atom stereocenters. The van der Waals surface area contributed by atoms with Crippen molar-refractivity contribution < 1.29 is 0 Å². The van der Waals surface area contributed by atoms with Crippen molar-refractivity contribution in [2.45, 2.75) is 71.1 Å². The lowest BCUT2D eigenvalue weighted by Crippen LogP contribution is -2.44. The van der Waals surface area contributed by atoms with Gasteiger partial charge in [-0.3, -0.25) is 0 Å². The van der Waals surface area contributed by atoms with Crippen LogP contribution in [0.1, 0.15) is 48.0 Å². The summed E-state index contributed by atoms with van der Waals surface area (Å²) in [5, 5.41) is 0.740. The predicted molar refractivity (Wildman–Crippen MR) is 79.8 cm³/mol. The summed E-state index contributed by atoms with van der Waals surface area (Å²) < 4.78 is 0. The van der Waals surface area contributed by atoms with Crippen LogP contribution in [0.15, 0.2) is 0 Å². The molecule has 0 bridgehead atoms. The zero-order valence-electron chi connectivity index (χ0n) is 12.1. The van der Waals surface area contributed by atoms with Crippen LogP contribution in [0, 0.1) is 5.41 Å². The Hall–Kier alpha value is 0.724. The van der Waals surface area contributed by atoms with Crippen LogP contribution in [0.4, 0.5) is 0 Å². The molecule has 0 aliphatic heterocycles. The molecule has 0 rings (SSSR count). The molecule has 0 radical (unpaired) electrons. The van der Waals surface area contributed by atoms with E-state index in [9.17, 15) is 0 Å². The van der Waals surface area contributed by atoms with Crippen LogP contribution in [0.3, 0.4) is 0 Å². The van der Waals surface area contributed by atoms with Crippen LogP contribution < -0.4 is 0 Å². The van der Waals surface area contributed by atoms with Crippen LogP contribution in [-0.4, -0.2) is 17.6 Å². The van der Waals surface area contributed by atoms with E-state index in [2.05, 4.69) is 54.6 Å². The minimum Gasteiger partial charge on any atom is -0.167 e. The summed E-state index contributed by atoms with van der Waals surface area (Å²) in [6.07, 6.45) is 1.24. The molecule has 0 fully saturated rings. The van der Waals surface area contributed by atoms with E-state index in [1.807, 2.05) is 0 Å². The summed E-state index contributed by atoms with van der Waals surface area (Å²) in [6, 6.07) is 0. The van der Waals surface area contributed by atoms with E-state index in [-0.39, 0.29) is 0 Å². The number of halogens is 1. The van der Waals surface area contributed by atoms with Crippen molar-refractivity contribution in [1.29, 1.82) is 0 Å². The van der Waals surface area contributed by atoms with Crippen LogP contribution in [0.2, 0.25) is 23.2 Å². The van der Waals surface area contributed by atoms with Gasteiger partial charge >= 0.3 is 0 Å². The maximum atomic E-state index is 6.79. The first-order valence-corrected chi connectivity index (χ1v) is 10.9. The average molecular weight is 265 g/mol. The molecule has 3 heteroatoms. The SMILES string of the molecule is CC(C)(C)CC(C)(C(C)(C)[SiH3])[Si](C)(C)Cl. The maximum Gasteiger partial charge on any atom is 0.156 e. The Morgan fingerprint density at radius 3 is 1.40 bits per heavy atom. The van der Waals surface area contributed by atoms with Gasteiger partial charge < -0.3 is 0 Å². The molecule has 0 aliphatic carbocycles. The normalized spacial score (nSPS) is 19.0. The van der Waals surface area contributed by atoms with Crippen molar-refractivity contribution in [3.05, 3.63) is 0 Å². The topological polar surface area (TPSA) is 0 Å². The van der Waals surface area contributed by atoms with Gasteiger partial charge in [-0.05, 0) is 21.9 Å². The largest absolute Gasteiger partial charge is 0.167 e. The molecular formula is C12H29ClSi2. The Kier molecular flexibility index (Phi) is 4.39. The molecule has 15 heavy (non-hydrogen) atoms. The molecule has 0 aromatic carbocycles. The molecule has 1 atom stereocenters. The summed E-state index contributed by atoms with van der Waals surface area (Å²) in [5.74, 6) is 0. The third kappa shape index (κ3) is 3.90. The molecule has 0 nitrogen and oxygen atoms in total. The predicted octanol–water partition coefficient (Wildman–Crippen LogP) is 4.19. The highest BCUT2D eigenvalue weighted by Gasteiger charge is 2.51. The zero-order valence-corrected chi connectivity index (χ0v) is 15.8. The fourth-order valence-corrected chi connectivity index (χ4v) is 8.74. The van der Waals surface area contributed by atoms with Crippen molar-refractivity contribution in [1.82, 2.24) is 0 Å². The second-order valence-corrected chi connectivity index (χ2v) is 17.2. The lowest BCUT2D eigenvalue weighted by Gasteiger charge is -2.51. The van der Waals surface area contributed by atoms with E-state index in [0.29, 0.717) is 15.5 Å². The van der Waals surface area contributed by atoms with E-state index >= 15 is 0 Å². The van der Waals surface area contributed by atoms with Gasteiger partial charge in [0.2, 0.25) is 0 Å². The molecule has 0 N–H and O–H groups in total. The smallest absolute Gasteiger partial charge is 0.156 e. The first-order chi connectivity index (χ1) is 6.21. The van der Waals surface area contributed by atoms with Gasteiger partial charge in [-0.2, -0.15) is 11.1 Å².